The van der Waals surface area contributed by atoms with Crippen molar-refractivity contribution in [2.24, 2.45) is 28.1 Å². The summed E-state index contributed by atoms with van der Waals surface area (Å²) in [5.74, 6) is -14.2. The zero-order valence-electron chi connectivity index (χ0n) is 76.8. The lowest BCUT2D eigenvalue weighted by molar-refractivity contribution is -0.438. The van der Waals surface area contributed by atoms with Crippen LogP contribution in [0.2, 0.25) is 0 Å². The zero-order chi connectivity index (χ0) is 101. The third-order valence-electron chi connectivity index (χ3n) is 27.0. The number of unbranched alkanes of at least 4 members (excludes halogenated alkanes) is 5. The quantitative estimate of drug-likeness (QED) is 0.00821. The van der Waals surface area contributed by atoms with Crippen LogP contribution in [0.5, 0.6) is 5.75 Å². The number of rotatable bonds is 57. The number of allylic oxidation sites excluding steroid dienone is 7. The van der Waals surface area contributed by atoms with Gasteiger partial charge in [-0.05, 0) is 255 Å². The van der Waals surface area contributed by atoms with Crippen molar-refractivity contribution in [2.45, 2.75) is 270 Å². The van der Waals surface area contributed by atoms with E-state index < -0.39 is 238 Å². The van der Waals surface area contributed by atoms with E-state index in [1.165, 1.54) is 36.4 Å². The second-order valence-electron chi connectivity index (χ2n) is 38.6. The molecule has 46 heteroatoms. The molecule has 3 aromatic rings. The number of aliphatic carboxylic acids is 6. The van der Waals surface area contributed by atoms with Gasteiger partial charge in [0.25, 0.3) is 30.4 Å². The van der Waals surface area contributed by atoms with Crippen LogP contribution < -0.4 is 30.9 Å². The van der Waals surface area contributed by atoms with Crippen LogP contribution in [-0.4, -0.2) is 236 Å². The number of hydrogen-bond donors (Lipinski definition) is 15. The fourth-order valence-electron chi connectivity index (χ4n) is 21.3. The Morgan fingerprint density at radius 3 is 1.55 bits per heavy atom. The van der Waals surface area contributed by atoms with Gasteiger partial charge in [-0.3, -0.25) is 61.1 Å². The molecule has 10 rings (SSSR count). The maximum Gasteiger partial charge on any atom is 0.326 e. The number of nitrogens with zero attached hydrogens (tertiary/aromatic N) is 2. The number of aldehydes is 1. The molecule has 4 saturated carbocycles. The number of carbonyl (C=O) groups excluding carboxylic acids is 5. The van der Waals surface area contributed by atoms with Crippen LogP contribution in [0, 0.1) is 28.1 Å². The van der Waals surface area contributed by atoms with Crippen molar-refractivity contribution in [3.8, 4) is 5.75 Å². The molecule has 6 unspecified atom stereocenters. The predicted octanol–water partition coefficient (Wildman–Crippen LogP) is 10.4. The summed E-state index contributed by atoms with van der Waals surface area (Å²) < 4.78 is 175. The van der Waals surface area contributed by atoms with Crippen LogP contribution in [0.1, 0.15) is 238 Å². The molecule has 4 amide bonds. The number of anilines is 1. The summed E-state index contributed by atoms with van der Waals surface area (Å²) >= 11 is 0. The van der Waals surface area contributed by atoms with E-state index in [1.807, 2.05) is 61.5 Å². The van der Waals surface area contributed by atoms with Crippen LogP contribution >= 0.6 is 14.7 Å². The molecule has 15 N–H and O–H groups in total. The van der Waals surface area contributed by atoms with Crippen LogP contribution in [-0.2, 0) is 113 Å². The lowest BCUT2D eigenvalue weighted by Crippen LogP contribution is -2.69. The summed E-state index contributed by atoms with van der Waals surface area (Å²) in [5, 5.41) is 69.1. The lowest BCUT2D eigenvalue weighted by Gasteiger charge is -2.71. The van der Waals surface area contributed by atoms with E-state index in [-0.39, 0.29) is 106 Å². The molecular formula is C91H124N6O34P2S4. The average molecular weight is 2040 g/mol. The Morgan fingerprint density at radius 1 is 0.540 bits per heavy atom. The topological polar surface area (TPSA) is 668 Å². The first-order valence-corrected chi connectivity index (χ1v) is 55.4. The number of fused-ring (bicyclic) bond motifs is 2. The van der Waals surface area contributed by atoms with Gasteiger partial charge in [-0.1, -0.05) is 26.3 Å². The van der Waals surface area contributed by atoms with Gasteiger partial charge in [-0.2, -0.15) is 29.8 Å². The van der Waals surface area contributed by atoms with Crippen LogP contribution in [0.3, 0.4) is 0 Å². The van der Waals surface area contributed by atoms with E-state index in [2.05, 4.69) is 21.3 Å². The molecule has 0 spiro atoms. The maximum absolute atomic E-state index is 14.5. The lowest BCUT2D eigenvalue weighted by atomic mass is 9.35. The van der Waals surface area contributed by atoms with Crippen molar-refractivity contribution in [2.75, 3.05) is 54.9 Å². The molecule has 7 aliphatic rings. The number of amides is 4. The highest BCUT2D eigenvalue weighted by Crippen LogP contribution is 2.74. The fraction of sp³-hybridized carbons (Fsp3) is 0.582. The number of ether oxygens (including phenoxy) is 1. The summed E-state index contributed by atoms with van der Waals surface area (Å²) in [6.07, 6.45) is 7.96. The third-order valence-corrected chi connectivity index (χ3v) is 34.3. The molecule has 137 heavy (non-hydrogen) atoms. The highest BCUT2D eigenvalue weighted by atomic mass is 32.2. The van der Waals surface area contributed by atoms with Crippen molar-refractivity contribution in [3.63, 3.8) is 0 Å². The van der Waals surface area contributed by atoms with Gasteiger partial charge in [0.2, 0.25) is 44.1 Å². The molecule has 5 aliphatic carbocycles. The van der Waals surface area contributed by atoms with E-state index in [0.29, 0.717) is 147 Å². The molecule has 4 bridgehead atoms. The monoisotopic (exact) mass is 2030 g/mol. The number of benzene rings is 3. The van der Waals surface area contributed by atoms with Crippen molar-refractivity contribution >= 4 is 138 Å². The Hall–Kier alpha value is -9.72. The summed E-state index contributed by atoms with van der Waals surface area (Å²) in [6.45, 7) is 8.25. The van der Waals surface area contributed by atoms with Gasteiger partial charge >= 0.3 is 35.8 Å². The predicted molar refractivity (Wildman–Crippen MR) is 496 cm³/mol. The van der Waals surface area contributed by atoms with E-state index in [0.717, 1.165) is 18.4 Å². The molecule has 2 heterocycles. The van der Waals surface area contributed by atoms with E-state index >= 15 is 0 Å². The first kappa shape index (κ1) is 111. The molecule has 756 valence electrons. The summed E-state index contributed by atoms with van der Waals surface area (Å²) in [5.41, 5.74) is -0.488. The van der Waals surface area contributed by atoms with Crippen molar-refractivity contribution in [1.29, 1.82) is 0 Å². The molecule has 0 aromatic heterocycles. The molecule has 3 aromatic carbocycles. The van der Waals surface area contributed by atoms with E-state index in [1.54, 1.807) is 12.1 Å². The molecule has 0 saturated heterocycles. The number of hydrogen-bond acceptors (Lipinski definition) is 24. The van der Waals surface area contributed by atoms with Crippen molar-refractivity contribution < 1.29 is 163 Å². The summed E-state index contributed by atoms with van der Waals surface area (Å²) in [6, 6.07) is 9.87. The van der Waals surface area contributed by atoms with Gasteiger partial charge in [-0.25, -0.2) is 18.0 Å². The fourth-order valence-corrected chi connectivity index (χ4v) is 27.1. The Balaban J connectivity index is 0.876. The Labute approximate surface area is 795 Å². The normalized spacial score (nSPS) is 22.3. The smallest absolute Gasteiger partial charge is 0.326 e. The van der Waals surface area contributed by atoms with E-state index in [9.17, 15) is 144 Å². The molecule has 40 nitrogen and oxygen atoms in total. The first-order valence-electron chi connectivity index (χ1n) is 45.5. The summed E-state index contributed by atoms with van der Waals surface area (Å²) in [7, 11) is -27.4. The van der Waals surface area contributed by atoms with Crippen molar-refractivity contribution in [1.82, 2.24) is 21.3 Å². The average Bonchev–Trinajstić information content (AvgIpc) is 1.33. The maximum atomic E-state index is 14.5. The number of carboxylic acids is 6. The van der Waals surface area contributed by atoms with Gasteiger partial charge < -0.3 is 80.7 Å². The molecule has 2 aliphatic heterocycles. The zero-order valence-corrected chi connectivity index (χ0v) is 81.8. The van der Waals surface area contributed by atoms with E-state index in [4.69, 9.17) is 14.9 Å². The molecule has 8 atom stereocenters. The largest absolute Gasteiger partial charge is 0.744 e. The van der Waals surface area contributed by atoms with Gasteiger partial charge in [-0.15, -0.1) is 0 Å². The standard InChI is InChI=1S/C91H124N6O34P2S4/c1-86(2)67-49-65(136(125,126)127)27-29-71(67)96(73(86)31-19-59-15-13-16-60(81(59)131-63-23-25-64(26-24-63)135(122,123)124)20-32-74-87(3,4)68-50-66(137(128,129)130)28-30-72(68)97(74)44-11-12-48-134(119,120)121)43-10-6-8-17-75(99)92-42-9-5-7-18-78(102)95-91-56-88(39-14-45-98)53-89(57-91,40-35-76(100)93-69(84(111)112)37-46-132(115,116)51-61(82(107)108)21-33-79(103)104)55-90(54-88,58-91)41-36-77(101)94-70(85(113)114)38-47-133(117,118)52-62(83(109)110)22-34-80(105)106/h19-20,23-32,45,49-50,61-62,69-70H,5-18,21-22,33-44,46-48,51-58H2,1-4H3,(H15-,92,93,94,95,99,100,101,102,103,104,105,106,107,108,109,110,111,112,113,114,115,116,117,118,119,120,121,122,123,124,125,126,127,128,129,130)/t61?,62?,69-,70-,88?,89?,90?,91?/m0/s1. The van der Waals surface area contributed by atoms with Crippen LogP contribution in [0.15, 0.2) is 122 Å². The minimum absolute atomic E-state index is 0.00427. The SMILES string of the molecule is CC1(C)C(/C=C/C2=C(Oc3ccc(S(=O)(=O)O)cc3)C(=C/C=C3/N(CCCCS(=O)(=O)O)c4ccc(S(=O)(=O)O)cc4C3(C)C)/CCC2)=[N+](CCCCCC(=O)NCCCCCC(=O)NC23CC4(CCC=O)CC(CCC(=O)N[C@@H](CCP(=O)(O)CC(CCC(=O)O)C(=O)O)C(=O)O)(CC(CCC(=O)N[C@@H](CCP(=O)(O)CC(CCC(=O)O)C(=O)O)C(=O)O)(C4)C2)C3)c2ccc(S(=O)(=O)[O-])cc21. The van der Waals surface area contributed by atoms with Gasteiger partial charge in [0.05, 0.1) is 37.7 Å². The van der Waals surface area contributed by atoms with Crippen LogP contribution in [0.25, 0.3) is 0 Å². The molecular weight excluding hydrogens is 1910 g/mol. The Bertz CT molecular complexity index is 5760. The minimum Gasteiger partial charge on any atom is -0.744 e. The number of carbonyl (C=O) groups is 11. The molecule has 0 radical (unpaired) electrons. The first-order chi connectivity index (χ1) is 63.7. The Kier molecular flexibility index (Phi) is 37.0. The van der Waals surface area contributed by atoms with Crippen molar-refractivity contribution in [3.05, 3.63) is 119 Å². The van der Waals surface area contributed by atoms with Crippen LogP contribution in [0.4, 0.5) is 11.4 Å². The minimum atomic E-state index is -4.94. The second kappa shape index (κ2) is 45.7. The van der Waals surface area contributed by atoms with Gasteiger partial charge in [0, 0.05) is 129 Å². The van der Waals surface area contributed by atoms with Gasteiger partial charge in [0.15, 0.2) is 5.71 Å². The summed E-state index contributed by atoms with van der Waals surface area (Å²) in [4.78, 5) is 162. The second-order valence-corrected chi connectivity index (χ2v) is 49.4. The highest BCUT2D eigenvalue weighted by Gasteiger charge is 2.68. The number of nitrogens with one attached hydrogen (secondary N) is 4. The Morgan fingerprint density at radius 2 is 1.05 bits per heavy atom. The number of carboxylic acid groups (broad SMARTS) is 6. The van der Waals surface area contributed by atoms with Gasteiger partial charge in [0.1, 0.15) is 46.5 Å². The highest BCUT2D eigenvalue weighted by molar-refractivity contribution is 7.86. The third kappa shape index (κ3) is 30.9. The molecule has 4 fully saturated rings.